The van der Waals surface area contributed by atoms with Crippen molar-refractivity contribution in [2.75, 3.05) is 13.2 Å². The molecule has 0 saturated carbocycles. The molecule has 0 fully saturated rings. The van der Waals surface area contributed by atoms with Crippen LogP contribution in [0.5, 0.6) is 5.75 Å². The van der Waals surface area contributed by atoms with E-state index in [1.807, 2.05) is 30.3 Å². The van der Waals surface area contributed by atoms with Crippen LogP contribution in [0, 0.1) is 0 Å². The van der Waals surface area contributed by atoms with Gasteiger partial charge in [-0.15, -0.1) is 11.3 Å². The highest BCUT2D eigenvalue weighted by Gasteiger charge is 2.05. The molecule has 1 aromatic carbocycles. The van der Waals surface area contributed by atoms with Gasteiger partial charge in [-0.1, -0.05) is 24.3 Å². The summed E-state index contributed by atoms with van der Waals surface area (Å²) in [5.74, 6) is 0.819. The predicted octanol–water partition coefficient (Wildman–Crippen LogP) is 4.03. The smallest absolute Gasteiger partial charge is 0.138 e. The van der Waals surface area contributed by atoms with Gasteiger partial charge in [0.25, 0.3) is 0 Å². The fraction of sp³-hybridized carbons (Fsp3) is 0.235. The Morgan fingerprint density at radius 2 is 2.14 bits per heavy atom. The zero-order chi connectivity index (χ0) is 14.5. The quantitative estimate of drug-likeness (QED) is 0.698. The second-order valence-electron chi connectivity index (χ2n) is 4.90. The summed E-state index contributed by atoms with van der Waals surface area (Å²) in [6.45, 7) is 3.62. The number of hydrogen-bond acceptors (Lipinski definition) is 4. The van der Waals surface area contributed by atoms with E-state index in [-0.39, 0.29) is 0 Å². The highest BCUT2D eigenvalue weighted by molar-refractivity contribution is 7.10. The fourth-order valence-corrected chi connectivity index (χ4v) is 2.97. The number of hydrogen-bond donors (Lipinski definition) is 1. The first-order chi connectivity index (χ1) is 10.3. The van der Waals surface area contributed by atoms with Crippen molar-refractivity contribution in [3.05, 3.63) is 58.9 Å². The van der Waals surface area contributed by atoms with Crippen LogP contribution in [-0.2, 0) is 0 Å². The van der Waals surface area contributed by atoms with E-state index in [1.54, 1.807) is 17.5 Å². The fourth-order valence-electron chi connectivity index (χ4n) is 2.21. The molecular weight excluding hydrogens is 280 g/mol. The Hall–Kier alpha value is -1.91. The molecule has 0 aliphatic heterocycles. The third-order valence-electron chi connectivity index (χ3n) is 3.36. The van der Waals surface area contributed by atoms with Crippen LogP contribution >= 0.6 is 11.3 Å². The van der Waals surface area contributed by atoms with E-state index in [4.69, 9.17) is 4.74 Å². The number of nitrogens with zero attached hydrogens (tertiary/aromatic N) is 1. The van der Waals surface area contributed by atoms with Crippen LogP contribution in [0.2, 0.25) is 0 Å². The number of fused-ring (bicyclic) bond motifs is 1. The molecule has 4 heteroatoms. The lowest BCUT2D eigenvalue weighted by molar-refractivity contribution is 0.307. The van der Waals surface area contributed by atoms with Crippen LogP contribution in [0.4, 0.5) is 0 Å². The van der Waals surface area contributed by atoms with Crippen LogP contribution in [0.25, 0.3) is 10.9 Å². The maximum atomic E-state index is 5.76. The second kappa shape index (κ2) is 6.70. The summed E-state index contributed by atoms with van der Waals surface area (Å²) in [6.07, 6.45) is 1.78. The van der Waals surface area contributed by atoms with Gasteiger partial charge >= 0.3 is 0 Å². The normalized spacial score (nSPS) is 12.4. The highest BCUT2D eigenvalue weighted by Crippen LogP contribution is 2.19. The minimum Gasteiger partial charge on any atom is -0.491 e. The molecule has 0 radical (unpaired) electrons. The first kappa shape index (κ1) is 14.0. The summed E-state index contributed by atoms with van der Waals surface area (Å²) in [5, 5.41) is 6.67. The minimum atomic E-state index is 0.364. The molecule has 108 valence electrons. The molecule has 0 aliphatic rings. The maximum Gasteiger partial charge on any atom is 0.138 e. The molecule has 0 aliphatic carbocycles. The molecular formula is C17H18N2OS. The number of aromatic nitrogens is 1. The molecule has 2 aromatic heterocycles. The third-order valence-corrected chi connectivity index (χ3v) is 4.41. The van der Waals surface area contributed by atoms with Gasteiger partial charge in [0, 0.05) is 22.8 Å². The molecule has 0 amide bonds. The lowest BCUT2D eigenvalue weighted by atomic mass is 10.2. The van der Waals surface area contributed by atoms with Gasteiger partial charge in [0.05, 0.1) is 11.7 Å². The first-order valence-electron chi connectivity index (χ1n) is 7.07. The van der Waals surface area contributed by atoms with Gasteiger partial charge in [0.15, 0.2) is 0 Å². The van der Waals surface area contributed by atoms with Gasteiger partial charge in [0.1, 0.15) is 12.4 Å². The summed E-state index contributed by atoms with van der Waals surface area (Å²) in [7, 11) is 0. The van der Waals surface area contributed by atoms with E-state index in [0.717, 1.165) is 23.2 Å². The molecule has 3 rings (SSSR count). The van der Waals surface area contributed by atoms with Gasteiger partial charge in [0.2, 0.25) is 0 Å². The van der Waals surface area contributed by atoms with Crippen molar-refractivity contribution in [2.45, 2.75) is 13.0 Å². The summed E-state index contributed by atoms with van der Waals surface area (Å²) in [6, 6.07) is 14.7. The van der Waals surface area contributed by atoms with Crippen molar-refractivity contribution in [3.8, 4) is 5.75 Å². The Labute approximate surface area is 128 Å². The van der Waals surface area contributed by atoms with Crippen molar-refractivity contribution >= 4 is 22.2 Å². The van der Waals surface area contributed by atoms with Crippen LogP contribution in [0.15, 0.2) is 54.0 Å². The minimum absolute atomic E-state index is 0.364. The van der Waals surface area contributed by atoms with Crippen LogP contribution in [-0.4, -0.2) is 18.1 Å². The molecule has 1 atom stereocenters. The molecule has 1 N–H and O–H groups in total. The predicted molar refractivity (Wildman–Crippen MR) is 88.0 cm³/mol. The van der Waals surface area contributed by atoms with Gasteiger partial charge in [-0.25, -0.2) is 0 Å². The molecule has 2 heterocycles. The van der Waals surface area contributed by atoms with Crippen molar-refractivity contribution in [1.82, 2.24) is 10.3 Å². The number of nitrogens with one attached hydrogen (secondary N) is 1. The number of para-hydroxylation sites is 1. The van der Waals surface area contributed by atoms with E-state index >= 15 is 0 Å². The van der Waals surface area contributed by atoms with E-state index in [9.17, 15) is 0 Å². The number of pyridine rings is 1. The van der Waals surface area contributed by atoms with Gasteiger partial charge in [-0.3, -0.25) is 4.98 Å². The van der Waals surface area contributed by atoms with Gasteiger partial charge < -0.3 is 10.1 Å². The van der Waals surface area contributed by atoms with Crippen LogP contribution in [0.1, 0.15) is 17.8 Å². The maximum absolute atomic E-state index is 5.76. The molecule has 0 bridgehead atoms. The van der Waals surface area contributed by atoms with Crippen molar-refractivity contribution < 1.29 is 4.74 Å². The van der Waals surface area contributed by atoms with Crippen molar-refractivity contribution in [2.24, 2.45) is 0 Å². The second-order valence-corrected chi connectivity index (χ2v) is 5.88. The van der Waals surface area contributed by atoms with Gasteiger partial charge in [-0.2, -0.15) is 0 Å². The summed E-state index contributed by atoms with van der Waals surface area (Å²) < 4.78 is 5.76. The Balaban J connectivity index is 1.50. The summed E-state index contributed by atoms with van der Waals surface area (Å²) in [5.41, 5.74) is 0.995. The Morgan fingerprint density at radius 3 is 3.00 bits per heavy atom. The average molecular weight is 298 g/mol. The number of ether oxygens (including phenoxy) is 1. The van der Waals surface area contributed by atoms with Crippen LogP contribution < -0.4 is 10.1 Å². The molecule has 1 unspecified atom stereocenters. The first-order valence-corrected chi connectivity index (χ1v) is 7.95. The standard InChI is InChI=1S/C17H18N2OS/c1-13(17-7-4-10-21-17)18-8-9-20-15-11-14-5-2-3-6-16(14)19-12-15/h2-7,10-13,18H,8-9H2,1H3. The van der Waals surface area contributed by atoms with E-state index in [2.05, 4.69) is 34.7 Å². The molecule has 3 nitrogen and oxygen atoms in total. The van der Waals surface area contributed by atoms with Crippen molar-refractivity contribution in [1.29, 1.82) is 0 Å². The molecule has 3 aromatic rings. The Morgan fingerprint density at radius 1 is 1.24 bits per heavy atom. The third kappa shape index (κ3) is 3.60. The largest absolute Gasteiger partial charge is 0.491 e. The van der Waals surface area contributed by atoms with E-state index in [0.29, 0.717) is 12.6 Å². The van der Waals surface area contributed by atoms with Gasteiger partial charge in [-0.05, 0) is 30.5 Å². The van der Waals surface area contributed by atoms with Crippen molar-refractivity contribution in [3.63, 3.8) is 0 Å². The Bertz CT molecular complexity index is 697. The number of benzene rings is 1. The topological polar surface area (TPSA) is 34.1 Å². The highest BCUT2D eigenvalue weighted by atomic mass is 32.1. The van der Waals surface area contributed by atoms with Crippen LogP contribution in [0.3, 0.4) is 0 Å². The number of rotatable bonds is 6. The number of thiophene rings is 1. The lowest BCUT2D eigenvalue weighted by Gasteiger charge is -2.12. The molecule has 21 heavy (non-hydrogen) atoms. The lowest BCUT2D eigenvalue weighted by Crippen LogP contribution is -2.23. The molecule has 0 spiro atoms. The zero-order valence-corrected chi connectivity index (χ0v) is 12.8. The average Bonchev–Trinajstić information content (AvgIpc) is 3.06. The zero-order valence-electron chi connectivity index (χ0n) is 12.0. The molecule has 0 saturated heterocycles. The van der Waals surface area contributed by atoms with E-state index < -0.39 is 0 Å². The summed E-state index contributed by atoms with van der Waals surface area (Å²) in [4.78, 5) is 5.74. The van der Waals surface area contributed by atoms with E-state index in [1.165, 1.54) is 4.88 Å². The SMILES string of the molecule is CC(NCCOc1cnc2ccccc2c1)c1cccs1. The Kier molecular flexibility index (Phi) is 4.48. The monoisotopic (exact) mass is 298 g/mol. The summed E-state index contributed by atoms with van der Waals surface area (Å²) >= 11 is 1.77.